The van der Waals surface area contributed by atoms with Crippen molar-refractivity contribution < 1.29 is 27.8 Å². The highest BCUT2D eigenvalue weighted by Crippen LogP contribution is 2.32. The van der Waals surface area contributed by atoms with Gasteiger partial charge in [0.1, 0.15) is 11.4 Å². The second-order valence-corrected chi connectivity index (χ2v) is 9.87. The fourth-order valence-corrected chi connectivity index (χ4v) is 4.06. The van der Waals surface area contributed by atoms with E-state index in [0.29, 0.717) is 6.42 Å². The number of hydrogen-bond acceptors (Lipinski definition) is 3. The van der Waals surface area contributed by atoms with E-state index in [2.05, 4.69) is 12.1 Å². The molecule has 0 aliphatic heterocycles. The number of ether oxygens (including phenoxy) is 1. The van der Waals surface area contributed by atoms with Gasteiger partial charge < -0.3 is 9.84 Å². The van der Waals surface area contributed by atoms with Gasteiger partial charge in [-0.25, -0.2) is 13.2 Å². The van der Waals surface area contributed by atoms with E-state index in [9.17, 15) is 23.1 Å². The van der Waals surface area contributed by atoms with E-state index in [4.69, 9.17) is 4.74 Å². The number of aliphatic hydroxyl groups excluding tert-OH is 1. The molecule has 1 atom stereocenters. The summed E-state index contributed by atoms with van der Waals surface area (Å²) in [6.07, 6.45) is 4.42. The van der Waals surface area contributed by atoms with E-state index >= 15 is 0 Å². The monoisotopic (exact) mass is 478 g/mol. The molecule has 6 heteroatoms. The molecule has 1 N–H and O–H groups in total. The lowest BCUT2D eigenvalue weighted by molar-refractivity contribution is -0.157. The van der Waals surface area contributed by atoms with Crippen LogP contribution in [0.1, 0.15) is 94.1 Å². The van der Waals surface area contributed by atoms with Gasteiger partial charge in [-0.15, -0.1) is 0 Å². The van der Waals surface area contributed by atoms with Crippen molar-refractivity contribution in [1.82, 2.24) is 0 Å². The van der Waals surface area contributed by atoms with Crippen LogP contribution in [0.2, 0.25) is 0 Å². The molecule has 0 bridgehead atoms. The van der Waals surface area contributed by atoms with Crippen LogP contribution in [-0.2, 0) is 22.4 Å². The number of rotatable bonds is 12. The van der Waals surface area contributed by atoms with Crippen molar-refractivity contribution in [3.63, 3.8) is 0 Å². The summed E-state index contributed by atoms with van der Waals surface area (Å²) in [5, 5.41) is 10.6. The minimum absolute atomic E-state index is 0.0880. The van der Waals surface area contributed by atoms with E-state index in [1.807, 2.05) is 18.2 Å². The highest BCUT2D eigenvalue weighted by atomic mass is 19.2. The summed E-state index contributed by atoms with van der Waals surface area (Å²) in [5.74, 6) is -4.14. The molecule has 2 rings (SSSR count). The molecule has 0 spiro atoms. The van der Waals surface area contributed by atoms with Crippen LogP contribution in [0.3, 0.4) is 0 Å². The third-order valence-corrected chi connectivity index (χ3v) is 5.78. The molecule has 0 heterocycles. The molecule has 0 saturated heterocycles. The summed E-state index contributed by atoms with van der Waals surface area (Å²) in [6, 6.07) is 10.3. The number of aryl methyl sites for hydroxylation is 1. The Kier molecular flexibility index (Phi) is 10.6. The summed E-state index contributed by atoms with van der Waals surface area (Å²) in [4.78, 5) is 12.1. The normalized spacial score (nSPS) is 12.6. The fraction of sp³-hybridized carbons (Fsp3) is 0.536. The second-order valence-electron chi connectivity index (χ2n) is 9.87. The SMILES string of the molecule is Cc1c(F)c(F)c(CCCCCCCCc2ccccc2)c(C(O)CC(=O)OC(C)(C)C)c1F. The molecule has 0 fully saturated rings. The maximum absolute atomic E-state index is 14.9. The van der Waals surface area contributed by atoms with Crippen LogP contribution in [0.25, 0.3) is 0 Å². The summed E-state index contributed by atoms with van der Waals surface area (Å²) >= 11 is 0. The Morgan fingerprint density at radius 2 is 1.44 bits per heavy atom. The number of aliphatic hydroxyl groups is 1. The van der Waals surface area contributed by atoms with Gasteiger partial charge in [0, 0.05) is 11.1 Å². The number of carbonyl (C=O) groups is 1. The van der Waals surface area contributed by atoms with Gasteiger partial charge in [0.25, 0.3) is 0 Å². The first-order valence-electron chi connectivity index (χ1n) is 12.1. The van der Waals surface area contributed by atoms with Crippen molar-refractivity contribution in [3.8, 4) is 0 Å². The first kappa shape index (κ1) is 27.9. The number of unbranched alkanes of at least 4 members (excludes halogenated alkanes) is 5. The molecular formula is C28H37F3O3. The standard InChI is InChI=1S/C28H37F3O3/c1-19-25(29)24(22(32)18-23(33)34-28(2,3)4)21(27(31)26(19)30)17-13-8-6-5-7-10-14-20-15-11-9-12-16-20/h9,11-12,15-16,22,32H,5-8,10,13-14,17-18H2,1-4H3. The van der Waals surface area contributed by atoms with Crippen LogP contribution in [0.5, 0.6) is 0 Å². The Balaban J connectivity index is 1.93. The zero-order valence-corrected chi connectivity index (χ0v) is 20.7. The number of esters is 1. The average molecular weight is 479 g/mol. The number of benzene rings is 2. The van der Waals surface area contributed by atoms with Crippen molar-refractivity contribution in [2.45, 2.75) is 97.2 Å². The van der Waals surface area contributed by atoms with Gasteiger partial charge in [0.2, 0.25) is 0 Å². The van der Waals surface area contributed by atoms with Crippen LogP contribution in [-0.4, -0.2) is 16.7 Å². The summed E-state index contributed by atoms with van der Waals surface area (Å²) in [5.41, 5.74) is -0.494. The largest absolute Gasteiger partial charge is 0.460 e. The van der Waals surface area contributed by atoms with Crippen molar-refractivity contribution in [3.05, 3.63) is 70.0 Å². The topological polar surface area (TPSA) is 46.5 Å². The Labute approximate surface area is 201 Å². The third-order valence-electron chi connectivity index (χ3n) is 5.78. The average Bonchev–Trinajstić information content (AvgIpc) is 2.76. The minimum Gasteiger partial charge on any atom is -0.460 e. The quantitative estimate of drug-likeness (QED) is 0.198. The molecule has 1 unspecified atom stereocenters. The zero-order valence-electron chi connectivity index (χ0n) is 20.7. The molecule has 0 amide bonds. The molecule has 2 aromatic rings. The Bertz CT molecular complexity index is 936. The highest BCUT2D eigenvalue weighted by Gasteiger charge is 2.29. The molecule has 0 radical (unpaired) electrons. The van der Waals surface area contributed by atoms with Gasteiger partial charge in [-0.2, -0.15) is 0 Å². The molecule has 34 heavy (non-hydrogen) atoms. The summed E-state index contributed by atoms with van der Waals surface area (Å²) < 4.78 is 49.0. The van der Waals surface area contributed by atoms with E-state index in [0.717, 1.165) is 45.4 Å². The molecule has 0 aliphatic carbocycles. The van der Waals surface area contributed by atoms with Gasteiger partial charge in [-0.1, -0.05) is 56.0 Å². The van der Waals surface area contributed by atoms with E-state index in [1.54, 1.807) is 20.8 Å². The van der Waals surface area contributed by atoms with Gasteiger partial charge in [0.05, 0.1) is 12.5 Å². The van der Waals surface area contributed by atoms with Crippen molar-refractivity contribution in [1.29, 1.82) is 0 Å². The van der Waals surface area contributed by atoms with E-state index in [1.165, 1.54) is 5.56 Å². The lowest BCUT2D eigenvalue weighted by Crippen LogP contribution is -2.25. The summed E-state index contributed by atoms with van der Waals surface area (Å²) in [7, 11) is 0. The lowest BCUT2D eigenvalue weighted by Gasteiger charge is -2.22. The highest BCUT2D eigenvalue weighted by molar-refractivity contribution is 5.71. The summed E-state index contributed by atoms with van der Waals surface area (Å²) in [6.45, 7) is 6.14. The molecule has 0 aliphatic rings. The van der Waals surface area contributed by atoms with Crippen LogP contribution in [0.15, 0.2) is 30.3 Å². The Morgan fingerprint density at radius 1 is 0.882 bits per heavy atom. The molecule has 188 valence electrons. The Hall–Kier alpha value is -2.34. The second kappa shape index (κ2) is 12.9. The number of halogens is 3. The number of carbonyl (C=O) groups excluding carboxylic acids is 1. The fourth-order valence-electron chi connectivity index (χ4n) is 4.06. The van der Waals surface area contributed by atoms with Crippen LogP contribution < -0.4 is 0 Å². The van der Waals surface area contributed by atoms with Gasteiger partial charge in [0.15, 0.2) is 11.6 Å². The molecular weight excluding hydrogens is 441 g/mol. The first-order chi connectivity index (χ1) is 16.0. The molecule has 3 nitrogen and oxygen atoms in total. The van der Waals surface area contributed by atoms with Gasteiger partial charge >= 0.3 is 5.97 Å². The van der Waals surface area contributed by atoms with Crippen LogP contribution in [0.4, 0.5) is 13.2 Å². The van der Waals surface area contributed by atoms with Gasteiger partial charge in [-0.3, -0.25) is 4.79 Å². The third kappa shape index (κ3) is 8.46. The van der Waals surface area contributed by atoms with Crippen molar-refractivity contribution in [2.75, 3.05) is 0 Å². The predicted octanol–water partition coefficient (Wildman–Crippen LogP) is 7.30. The van der Waals surface area contributed by atoms with Crippen LogP contribution >= 0.6 is 0 Å². The lowest BCUT2D eigenvalue weighted by atomic mass is 9.92. The van der Waals surface area contributed by atoms with E-state index in [-0.39, 0.29) is 17.5 Å². The zero-order chi connectivity index (χ0) is 25.3. The van der Waals surface area contributed by atoms with Crippen molar-refractivity contribution in [2.24, 2.45) is 0 Å². The number of hydrogen-bond donors (Lipinski definition) is 1. The molecule has 0 aromatic heterocycles. The smallest absolute Gasteiger partial charge is 0.309 e. The molecule has 0 saturated carbocycles. The predicted molar refractivity (Wildman–Crippen MR) is 128 cm³/mol. The maximum atomic E-state index is 14.9. The Morgan fingerprint density at radius 3 is 2.03 bits per heavy atom. The molecule has 2 aromatic carbocycles. The maximum Gasteiger partial charge on any atom is 0.309 e. The van der Waals surface area contributed by atoms with Crippen molar-refractivity contribution >= 4 is 5.97 Å². The van der Waals surface area contributed by atoms with Crippen LogP contribution in [0, 0.1) is 24.4 Å². The van der Waals surface area contributed by atoms with E-state index < -0.39 is 47.1 Å². The van der Waals surface area contributed by atoms with Gasteiger partial charge in [-0.05, 0) is 64.5 Å². The first-order valence-corrected chi connectivity index (χ1v) is 12.1. The minimum atomic E-state index is -1.61.